The Morgan fingerprint density at radius 3 is 2.17 bits per heavy atom. The van der Waals surface area contributed by atoms with Gasteiger partial charge in [-0.1, -0.05) is 34.8 Å². The van der Waals surface area contributed by atoms with Crippen LogP contribution in [0.5, 0.6) is 0 Å². The Bertz CT molecular complexity index is 1110. The van der Waals surface area contributed by atoms with Gasteiger partial charge in [-0.3, -0.25) is 4.79 Å². The fraction of sp³-hybridized carbons (Fsp3) is 0.111. The van der Waals surface area contributed by atoms with Crippen LogP contribution in [0.4, 0.5) is 13.2 Å². The Morgan fingerprint density at radius 1 is 1.00 bits per heavy atom. The molecule has 0 aliphatic carbocycles. The SMILES string of the molecule is O=C(NC(c1cc(Cl)cc(Cl)c1)C(F)(F)F)c1cc2cc(C(=O)O)c(Cl)cc2[nH]1. The number of carboxylic acid groups (broad SMARTS) is 1. The van der Waals surface area contributed by atoms with E-state index in [1.165, 1.54) is 24.3 Å². The van der Waals surface area contributed by atoms with Crippen LogP contribution >= 0.6 is 34.8 Å². The van der Waals surface area contributed by atoms with Crippen molar-refractivity contribution in [1.29, 1.82) is 0 Å². The van der Waals surface area contributed by atoms with Crippen LogP contribution in [0.25, 0.3) is 10.9 Å². The third-order valence-electron chi connectivity index (χ3n) is 4.00. The van der Waals surface area contributed by atoms with Crippen molar-refractivity contribution in [2.24, 2.45) is 0 Å². The summed E-state index contributed by atoms with van der Waals surface area (Å²) in [5.74, 6) is -2.34. The van der Waals surface area contributed by atoms with E-state index >= 15 is 0 Å². The zero-order valence-corrected chi connectivity index (χ0v) is 16.3. The normalized spacial score (nSPS) is 12.8. The molecule has 3 aromatic rings. The van der Waals surface area contributed by atoms with Gasteiger partial charge in [-0.2, -0.15) is 13.2 Å². The first-order chi connectivity index (χ1) is 13.5. The molecule has 1 unspecified atom stereocenters. The Morgan fingerprint density at radius 2 is 1.62 bits per heavy atom. The average Bonchev–Trinajstić information content (AvgIpc) is 2.99. The number of fused-ring (bicyclic) bond motifs is 1. The van der Waals surface area contributed by atoms with Crippen molar-refractivity contribution in [1.82, 2.24) is 10.3 Å². The van der Waals surface area contributed by atoms with E-state index in [0.29, 0.717) is 10.9 Å². The van der Waals surface area contributed by atoms with Crippen LogP contribution in [0.2, 0.25) is 15.1 Å². The number of benzene rings is 2. The Labute approximate surface area is 176 Å². The molecule has 3 N–H and O–H groups in total. The fourth-order valence-corrected chi connectivity index (χ4v) is 3.53. The molecule has 0 radical (unpaired) electrons. The van der Waals surface area contributed by atoms with Crippen molar-refractivity contribution in [3.8, 4) is 0 Å². The number of H-pyrrole nitrogens is 1. The van der Waals surface area contributed by atoms with Crippen molar-refractivity contribution >= 4 is 57.6 Å². The lowest BCUT2D eigenvalue weighted by Crippen LogP contribution is -2.38. The highest BCUT2D eigenvalue weighted by Crippen LogP contribution is 2.35. The number of hydrogen-bond donors (Lipinski definition) is 3. The maximum Gasteiger partial charge on any atom is 0.412 e. The molecule has 0 spiro atoms. The molecule has 1 amide bonds. The summed E-state index contributed by atoms with van der Waals surface area (Å²) in [7, 11) is 0. The molecule has 0 saturated carbocycles. The van der Waals surface area contributed by atoms with Crippen molar-refractivity contribution in [2.75, 3.05) is 0 Å². The summed E-state index contributed by atoms with van der Waals surface area (Å²) >= 11 is 17.4. The number of halogens is 6. The van der Waals surface area contributed by atoms with Gasteiger partial charge in [0.05, 0.1) is 10.6 Å². The third-order valence-corrected chi connectivity index (χ3v) is 4.75. The minimum Gasteiger partial charge on any atom is -0.478 e. The molecule has 1 atom stereocenters. The van der Waals surface area contributed by atoms with Gasteiger partial charge in [-0.15, -0.1) is 0 Å². The number of rotatable bonds is 4. The van der Waals surface area contributed by atoms with Crippen LogP contribution in [-0.2, 0) is 0 Å². The fourth-order valence-electron chi connectivity index (χ4n) is 2.75. The number of aromatic carboxylic acids is 1. The second-order valence-corrected chi connectivity index (χ2v) is 7.34. The van der Waals surface area contributed by atoms with E-state index in [1.54, 1.807) is 0 Å². The highest BCUT2D eigenvalue weighted by Gasteiger charge is 2.42. The second-order valence-electron chi connectivity index (χ2n) is 6.06. The summed E-state index contributed by atoms with van der Waals surface area (Å²) in [6.45, 7) is 0. The van der Waals surface area contributed by atoms with Gasteiger partial charge in [0.1, 0.15) is 5.69 Å². The monoisotopic (exact) mass is 464 g/mol. The second kappa shape index (κ2) is 7.78. The Hall–Kier alpha value is -2.42. The molecule has 0 fully saturated rings. The number of nitrogens with one attached hydrogen (secondary N) is 2. The molecule has 11 heteroatoms. The van der Waals surface area contributed by atoms with Gasteiger partial charge in [-0.05, 0) is 42.0 Å². The van der Waals surface area contributed by atoms with Crippen LogP contribution in [-0.4, -0.2) is 28.1 Å². The Balaban J connectivity index is 1.97. The summed E-state index contributed by atoms with van der Waals surface area (Å²) in [5.41, 5.74) is -0.456. The van der Waals surface area contributed by atoms with E-state index in [9.17, 15) is 22.8 Å². The highest BCUT2D eigenvalue weighted by atomic mass is 35.5. The van der Waals surface area contributed by atoms with Gasteiger partial charge >= 0.3 is 12.1 Å². The summed E-state index contributed by atoms with van der Waals surface area (Å²) in [4.78, 5) is 26.2. The van der Waals surface area contributed by atoms with Crippen LogP contribution in [0.3, 0.4) is 0 Å². The molecule has 2 aromatic carbocycles. The summed E-state index contributed by atoms with van der Waals surface area (Å²) in [5, 5.41) is 11.2. The first-order valence-corrected chi connectivity index (χ1v) is 8.98. The molecule has 0 saturated heterocycles. The molecular weight excluding hydrogens is 456 g/mol. The van der Waals surface area contributed by atoms with Gasteiger partial charge in [-0.25, -0.2) is 4.79 Å². The first-order valence-electron chi connectivity index (χ1n) is 7.85. The molecule has 0 aliphatic heterocycles. The predicted octanol–water partition coefficient (Wildman–Crippen LogP) is 5.86. The molecule has 0 aliphatic rings. The summed E-state index contributed by atoms with van der Waals surface area (Å²) in [6, 6.07) is 4.72. The number of hydrogen-bond acceptors (Lipinski definition) is 2. The molecule has 3 rings (SSSR count). The van der Waals surface area contributed by atoms with E-state index < -0.39 is 24.1 Å². The number of amides is 1. The lowest BCUT2D eigenvalue weighted by Gasteiger charge is -2.22. The van der Waals surface area contributed by atoms with Crippen molar-refractivity contribution in [3.63, 3.8) is 0 Å². The Kier molecular flexibility index (Phi) is 5.71. The van der Waals surface area contributed by atoms with Crippen molar-refractivity contribution < 1.29 is 27.9 Å². The topological polar surface area (TPSA) is 82.2 Å². The average molecular weight is 466 g/mol. The zero-order chi connectivity index (χ0) is 21.5. The molecule has 5 nitrogen and oxygen atoms in total. The maximum absolute atomic E-state index is 13.6. The molecule has 1 heterocycles. The van der Waals surface area contributed by atoms with E-state index in [2.05, 4.69) is 4.98 Å². The highest BCUT2D eigenvalue weighted by molar-refractivity contribution is 6.35. The third kappa shape index (κ3) is 4.60. The first kappa shape index (κ1) is 21.3. The molecular formula is C18H10Cl3F3N2O3. The zero-order valence-electron chi connectivity index (χ0n) is 14.1. The van der Waals surface area contributed by atoms with Crippen LogP contribution in [0, 0.1) is 0 Å². The minimum atomic E-state index is -4.82. The van der Waals surface area contributed by atoms with Gasteiger partial charge in [0, 0.05) is 20.9 Å². The molecule has 152 valence electrons. The van der Waals surface area contributed by atoms with Crippen molar-refractivity contribution in [2.45, 2.75) is 12.2 Å². The number of carbonyl (C=O) groups is 2. The lowest BCUT2D eigenvalue weighted by atomic mass is 10.1. The standard InChI is InChI=1S/C18H10Cl3F3N2O3/c19-9-1-8(2-10(20)5-9)15(18(22,23)24)26-16(27)14-4-7-3-11(17(28)29)12(21)6-13(7)25-14/h1-6,15,25H,(H,26,27)(H,28,29). The molecule has 29 heavy (non-hydrogen) atoms. The van der Waals surface area contributed by atoms with E-state index in [4.69, 9.17) is 39.9 Å². The molecule has 0 bridgehead atoms. The quantitative estimate of drug-likeness (QED) is 0.451. The predicted molar refractivity (Wildman–Crippen MR) is 103 cm³/mol. The van der Waals surface area contributed by atoms with E-state index in [1.807, 2.05) is 5.32 Å². The number of carboxylic acids is 1. The van der Waals surface area contributed by atoms with Crippen LogP contribution in [0.1, 0.15) is 32.5 Å². The van der Waals surface area contributed by atoms with Crippen LogP contribution in [0.15, 0.2) is 36.4 Å². The minimum absolute atomic E-state index is 0.0162. The smallest absolute Gasteiger partial charge is 0.412 e. The lowest BCUT2D eigenvalue weighted by molar-refractivity contribution is -0.155. The van der Waals surface area contributed by atoms with Gasteiger partial charge in [0.25, 0.3) is 5.91 Å². The van der Waals surface area contributed by atoms with Crippen LogP contribution < -0.4 is 5.32 Å². The van der Waals surface area contributed by atoms with Gasteiger partial charge < -0.3 is 15.4 Å². The maximum atomic E-state index is 13.6. The summed E-state index contributed by atoms with van der Waals surface area (Å²) in [6.07, 6.45) is -4.82. The number of alkyl halides is 3. The number of aromatic amines is 1. The number of aromatic nitrogens is 1. The van der Waals surface area contributed by atoms with Gasteiger partial charge in [0.2, 0.25) is 0 Å². The largest absolute Gasteiger partial charge is 0.478 e. The summed E-state index contributed by atoms with van der Waals surface area (Å²) < 4.78 is 40.7. The molecule has 1 aromatic heterocycles. The van der Waals surface area contributed by atoms with Gasteiger partial charge in [0.15, 0.2) is 6.04 Å². The van der Waals surface area contributed by atoms with Crippen molar-refractivity contribution in [3.05, 3.63) is 68.3 Å². The van der Waals surface area contributed by atoms with E-state index in [-0.39, 0.29) is 31.9 Å². The van der Waals surface area contributed by atoms with E-state index in [0.717, 1.165) is 12.1 Å². The number of carbonyl (C=O) groups excluding carboxylic acids is 1.